The van der Waals surface area contributed by atoms with Gasteiger partial charge in [-0.3, -0.25) is 0 Å². The summed E-state index contributed by atoms with van der Waals surface area (Å²) in [5, 5.41) is 11.0. The molecular formula is C24H35NO2. The van der Waals surface area contributed by atoms with Crippen molar-refractivity contribution < 1.29 is 9.84 Å². The monoisotopic (exact) mass is 369 g/mol. The van der Waals surface area contributed by atoms with E-state index in [1.54, 1.807) is 12.7 Å². The molecule has 1 aromatic carbocycles. The first-order valence-electron chi connectivity index (χ1n) is 11.0. The van der Waals surface area contributed by atoms with Gasteiger partial charge in [-0.15, -0.1) is 0 Å². The summed E-state index contributed by atoms with van der Waals surface area (Å²) < 4.78 is 5.44. The van der Waals surface area contributed by atoms with E-state index in [1.807, 2.05) is 0 Å². The Balaban J connectivity index is 1.38. The number of benzene rings is 1. The van der Waals surface area contributed by atoms with Crippen LogP contribution in [0.25, 0.3) is 6.08 Å². The lowest BCUT2D eigenvalue weighted by atomic mass is 9.78. The minimum atomic E-state index is -0.674. The smallest absolute Gasteiger partial charge is 0.0898 e. The van der Waals surface area contributed by atoms with Gasteiger partial charge >= 0.3 is 0 Å². The maximum Gasteiger partial charge on any atom is 0.0898 e. The van der Waals surface area contributed by atoms with Crippen LogP contribution in [0.5, 0.6) is 0 Å². The fourth-order valence-corrected chi connectivity index (χ4v) is 5.01. The van der Waals surface area contributed by atoms with Crippen LogP contribution in [-0.4, -0.2) is 42.4 Å². The number of ether oxygens (including phenoxy) is 1. The summed E-state index contributed by atoms with van der Waals surface area (Å²) in [5.74, 6) is 0. The minimum Gasteiger partial charge on any atom is -0.385 e. The zero-order chi connectivity index (χ0) is 18.7. The molecule has 0 amide bonds. The molecule has 0 bridgehead atoms. The fourth-order valence-electron chi connectivity index (χ4n) is 5.01. The molecule has 0 spiro atoms. The van der Waals surface area contributed by atoms with Crippen molar-refractivity contribution in [1.82, 2.24) is 4.90 Å². The number of likely N-dealkylation sites (tertiary alicyclic amines) is 1. The van der Waals surface area contributed by atoms with E-state index in [1.165, 1.54) is 57.2 Å². The van der Waals surface area contributed by atoms with Gasteiger partial charge < -0.3 is 14.7 Å². The van der Waals surface area contributed by atoms with Crippen molar-refractivity contribution in [3.05, 3.63) is 41.0 Å². The minimum absolute atomic E-state index is 0.309. The van der Waals surface area contributed by atoms with E-state index >= 15 is 0 Å². The maximum absolute atomic E-state index is 11.0. The largest absolute Gasteiger partial charge is 0.385 e. The molecule has 3 heteroatoms. The lowest BCUT2D eigenvalue weighted by Crippen LogP contribution is -2.40. The van der Waals surface area contributed by atoms with Crippen LogP contribution in [-0.2, 0) is 10.3 Å². The van der Waals surface area contributed by atoms with Crippen molar-refractivity contribution in [3.63, 3.8) is 0 Å². The van der Waals surface area contributed by atoms with E-state index < -0.39 is 5.60 Å². The number of hydrogen-bond acceptors (Lipinski definition) is 3. The van der Waals surface area contributed by atoms with Gasteiger partial charge in [0.25, 0.3) is 0 Å². The Labute approximate surface area is 164 Å². The summed E-state index contributed by atoms with van der Waals surface area (Å²) in [6, 6.07) is 9.53. The normalized spacial score (nSPS) is 32.2. The lowest BCUT2D eigenvalue weighted by Gasteiger charge is -2.36. The van der Waals surface area contributed by atoms with Crippen molar-refractivity contribution >= 4 is 6.08 Å². The van der Waals surface area contributed by atoms with Crippen molar-refractivity contribution in [2.24, 2.45) is 0 Å². The molecule has 0 aromatic heterocycles. The number of rotatable bonds is 4. The highest BCUT2D eigenvalue weighted by molar-refractivity contribution is 5.53. The summed E-state index contributed by atoms with van der Waals surface area (Å²) in [6.45, 7) is 2.51. The molecule has 1 saturated heterocycles. The number of hydrogen-bond donors (Lipinski definition) is 1. The first-order chi connectivity index (χ1) is 13.2. The van der Waals surface area contributed by atoms with E-state index in [2.05, 4.69) is 35.2 Å². The second kappa shape index (κ2) is 8.46. The molecule has 1 aromatic rings. The van der Waals surface area contributed by atoms with Crippen LogP contribution >= 0.6 is 0 Å². The molecule has 1 heterocycles. The van der Waals surface area contributed by atoms with Gasteiger partial charge in [-0.1, -0.05) is 42.3 Å². The zero-order valence-corrected chi connectivity index (χ0v) is 16.8. The standard InChI is InChI=1S/C24H35NO2/c1-27-23-11-14-24(26,15-12-23)21-9-7-20(8-10-21)18-19-4-3-16-25(17-13-19)22-5-2-6-22/h7-10,18,22-23,26H,2-6,11-17H2,1H3/b19-18-. The maximum atomic E-state index is 11.0. The van der Waals surface area contributed by atoms with Crippen molar-refractivity contribution in [1.29, 1.82) is 0 Å². The Kier molecular flexibility index (Phi) is 6.01. The molecule has 3 aliphatic rings. The first kappa shape index (κ1) is 19.2. The number of methoxy groups -OCH3 is 1. The molecular weight excluding hydrogens is 334 g/mol. The van der Waals surface area contributed by atoms with Crippen molar-refractivity contribution in [3.8, 4) is 0 Å². The first-order valence-corrected chi connectivity index (χ1v) is 11.0. The van der Waals surface area contributed by atoms with Gasteiger partial charge in [0, 0.05) is 19.7 Å². The van der Waals surface area contributed by atoms with Crippen LogP contribution in [0.15, 0.2) is 29.8 Å². The molecule has 2 aliphatic carbocycles. The average molecular weight is 370 g/mol. The van der Waals surface area contributed by atoms with Gasteiger partial charge in [0.1, 0.15) is 0 Å². The predicted octanol–water partition coefficient (Wildman–Crippen LogP) is 4.89. The summed E-state index contributed by atoms with van der Waals surface area (Å²) in [6.07, 6.45) is 14.1. The van der Waals surface area contributed by atoms with Crippen LogP contribution in [0.3, 0.4) is 0 Å². The Bertz CT molecular complexity index is 639. The molecule has 27 heavy (non-hydrogen) atoms. The third-order valence-electron chi connectivity index (χ3n) is 7.17. The second-order valence-electron chi connectivity index (χ2n) is 8.87. The lowest BCUT2D eigenvalue weighted by molar-refractivity contribution is -0.0474. The van der Waals surface area contributed by atoms with E-state index in [4.69, 9.17) is 4.74 Å². The molecule has 0 radical (unpaired) electrons. The Morgan fingerprint density at radius 2 is 1.74 bits per heavy atom. The predicted molar refractivity (Wildman–Crippen MR) is 111 cm³/mol. The zero-order valence-electron chi connectivity index (χ0n) is 16.8. The summed E-state index contributed by atoms with van der Waals surface area (Å²) in [4.78, 5) is 2.72. The molecule has 0 unspecified atom stereocenters. The highest BCUT2D eigenvalue weighted by Gasteiger charge is 2.34. The van der Waals surface area contributed by atoms with E-state index in [0.29, 0.717) is 6.10 Å². The van der Waals surface area contributed by atoms with Crippen LogP contribution in [0, 0.1) is 0 Å². The van der Waals surface area contributed by atoms with E-state index in [-0.39, 0.29) is 0 Å². The van der Waals surface area contributed by atoms with E-state index in [0.717, 1.165) is 37.3 Å². The average Bonchev–Trinajstić information content (AvgIpc) is 2.87. The van der Waals surface area contributed by atoms with Gasteiger partial charge in [0.2, 0.25) is 0 Å². The molecule has 148 valence electrons. The molecule has 3 nitrogen and oxygen atoms in total. The fraction of sp³-hybridized carbons (Fsp3) is 0.667. The molecule has 3 fully saturated rings. The Morgan fingerprint density at radius 3 is 2.37 bits per heavy atom. The van der Waals surface area contributed by atoms with Gasteiger partial charge in [-0.2, -0.15) is 0 Å². The topological polar surface area (TPSA) is 32.7 Å². The highest BCUT2D eigenvalue weighted by Crippen LogP contribution is 2.38. The molecule has 1 aliphatic heterocycles. The Morgan fingerprint density at radius 1 is 1.00 bits per heavy atom. The summed E-state index contributed by atoms with van der Waals surface area (Å²) in [5.41, 5.74) is 3.26. The van der Waals surface area contributed by atoms with Gasteiger partial charge in [0.05, 0.1) is 11.7 Å². The van der Waals surface area contributed by atoms with E-state index in [9.17, 15) is 5.11 Å². The molecule has 0 atom stereocenters. The van der Waals surface area contributed by atoms with Crippen molar-refractivity contribution in [2.45, 2.75) is 82.0 Å². The summed E-state index contributed by atoms with van der Waals surface area (Å²) >= 11 is 0. The van der Waals surface area contributed by atoms with Gasteiger partial charge in [-0.25, -0.2) is 0 Å². The summed E-state index contributed by atoms with van der Waals surface area (Å²) in [7, 11) is 1.77. The van der Waals surface area contributed by atoms with Crippen LogP contribution in [0.4, 0.5) is 0 Å². The molecule has 1 N–H and O–H groups in total. The van der Waals surface area contributed by atoms with Crippen LogP contribution < -0.4 is 0 Å². The molecule has 2 saturated carbocycles. The Hall–Kier alpha value is -1.16. The third kappa shape index (κ3) is 4.47. The van der Waals surface area contributed by atoms with Crippen LogP contribution in [0.1, 0.15) is 75.3 Å². The van der Waals surface area contributed by atoms with Crippen molar-refractivity contribution in [2.75, 3.05) is 20.2 Å². The third-order valence-corrected chi connectivity index (χ3v) is 7.17. The number of nitrogens with zero attached hydrogens (tertiary/aromatic N) is 1. The highest BCUT2D eigenvalue weighted by atomic mass is 16.5. The molecule has 4 rings (SSSR count). The van der Waals surface area contributed by atoms with Gasteiger partial charge in [-0.05, 0) is 75.5 Å². The van der Waals surface area contributed by atoms with Crippen LogP contribution in [0.2, 0.25) is 0 Å². The SMILES string of the molecule is COC1CCC(O)(c2ccc(/C=C3/CCCN(C4CCC4)CC3)cc2)CC1. The quantitative estimate of drug-likeness (QED) is 0.820. The second-order valence-corrected chi connectivity index (χ2v) is 8.87. The number of aliphatic hydroxyl groups is 1. The van der Waals surface area contributed by atoms with Gasteiger partial charge in [0.15, 0.2) is 0 Å².